The van der Waals surface area contributed by atoms with Gasteiger partial charge in [-0.1, -0.05) is 6.08 Å². The van der Waals surface area contributed by atoms with E-state index in [9.17, 15) is 0 Å². The van der Waals surface area contributed by atoms with Gasteiger partial charge in [-0.2, -0.15) is 0 Å². The zero-order chi connectivity index (χ0) is 5.91. The predicted molar refractivity (Wildman–Crippen MR) is 47.0 cm³/mol. The Morgan fingerprint density at radius 1 is 1.38 bits per heavy atom. The van der Waals surface area contributed by atoms with Crippen LogP contribution in [0.3, 0.4) is 0 Å². The Balaban J connectivity index is 0. The van der Waals surface area contributed by atoms with E-state index in [1.54, 1.807) is 0 Å². The van der Waals surface area contributed by atoms with Crippen molar-refractivity contribution in [3.63, 3.8) is 0 Å². The van der Waals surface area contributed by atoms with Crippen molar-refractivity contribution in [3.05, 3.63) is 12.7 Å². The standard InChI is InChI=1S/C6H14P.ClH/c1-5-6-7(2,3)4;/h5H,1,6H2,2-4H3;1H. The zero-order valence-electron chi connectivity index (χ0n) is 5.85. The summed E-state index contributed by atoms with van der Waals surface area (Å²) in [6.45, 7) is 10.6. The molecule has 0 amide bonds. The minimum atomic E-state index is -0.534. The van der Waals surface area contributed by atoms with E-state index in [1.165, 1.54) is 6.16 Å². The van der Waals surface area contributed by atoms with E-state index in [4.69, 9.17) is 0 Å². The van der Waals surface area contributed by atoms with Crippen molar-refractivity contribution in [2.45, 2.75) is 0 Å². The average molecular weight is 154 g/mol. The van der Waals surface area contributed by atoms with Crippen molar-refractivity contribution >= 4 is 19.7 Å². The van der Waals surface area contributed by atoms with Crippen LogP contribution in [0.5, 0.6) is 0 Å². The zero-order valence-corrected chi connectivity index (χ0v) is 7.56. The second-order valence-electron chi connectivity index (χ2n) is 2.76. The fourth-order valence-electron chi connectivity index (χ4n) is 0.387. The molecule has 0 rings (SSSR count). The molecule has 0 atom stereocenters. The third-order valence-electron chi connectivity index (χ3n) is 0.677. The molecule has 0 spiro atoms. The Morgan fingerprint density at radius 2 is 1.75 bits per heavy atom. The minimum absolute atomic E-state index is 0. The van der Waals surface area contributed by atoms with Gasteiger partial charge in [0.25, 0.3) is 0 Å². The summed E-state index contributed by atoms with van der Waals surface area (Å²) in [5.41, 5.74) is 0. The van der Waals surface area contributed by atoms with Gasteiger partial charge in [-0.15, -0.1) is 26.2 Å². The van der Waals surface area contributed by atoms with Gasteiger partial charge in [-0.25, -0.2) is 0 Å². The Labute approximate surface area is 59.1 Å². The van der Waals surface area contributed by atoms with E-state index in [2.05, 4.69) is 26.6 Å². The SMILES string of the molecule is C=CC[P](C)(C)C.Cl. The molecule has 0 saturated heterocycles. The van der Waals surface area contributed by atoms with E-state index >= 15 is 0 Å². The molecule has 0 saturated carbocycles. The molecule has 0 nitrogen and oxygen atoms in total. The first kappa shape index (κ1) is 11.3. The lowest BCUT2D eigenvalue weighted by Gasteiger charge is -2.17. The lowest BCUT2D eigenvalue weighted by Crippen LogP contribution is -1.86. The molecule has 0 bridgehead atoms. The lowest BCUT2D eigenvalue weighted by atomic mass is 10.8. The maximum atomic E-state index is 3.67. The van der Waals surface area contributed by atoms with Crippen LogP contribution in [-0.2, 0) is 0 Å². The first-order valence-corrected chi connectivity index (χ1v) is 5.79. The van der Waals surface area contributed by atoms with E-state index in [-0.39, 0.29) is 12.4 Å². The normalized spacial score (nSPS) is 9.88. The first-order chi connectivity index (χ1) is 3.06. The summed E-state index contributed by atoms with van der Waals surface area (Å²) < 4.78 is 0. The van der Waals surface area contributed by atoms with Crippen LogP contribution in [0.15, 0.2) is 12.7 Å². The third kappa shape index (κ3) is 9.68. The maximum Gasteiger partial charge on any atom is -0.0188 e. The van der Waals surface area contributed by atoms with Crippen LogP contribution in [0.2, 0.25) is 0 Å². The quantitative estimate of drug-likeness (QED) is 0.423. The molecule has 0 aromatic carbocycles. The fraction of sp³-hybridized carbons (Fsp3) is 0.667. The van der Waals surface area contributed by atoms with Crippen LogP contribution < -0.4 is 0 Å². The van der Waals surface area contributed by atoms with Crippen molar-refractivity contribution in [1.82, 2.24) is 0 Å². The average Bonchev–Trinajstić information content (AvgIpc) is 1.30. The highest BCUT2D eigenvalue weighted by Crippen LogP contribution is 2.45. The third-order valence-corrected chi connectivity index (χ3v) is 2.03. The van der Waals surface area contributed by atoms with Crippen LogP contribution in [0.1, 0.15) is 0 Å². The van der Waals surface area contributed by atoms with E-state index in [1.807, 2.05) is 6.08 Å². The minimum Gasteiger partial charge on any atom is -0.147 e. The molecule has 0 heterocycles. The number of hydrogen-bond donors (Lipinski definition) is 0. The Morgan fingerprint density at radius 3 is 1.75 bits per heavy atom. The second kappa shape index (κ2) is 4.35. The lowest BCUT2D eigenvalue weighted by molar-refractivity contribution is 1.69. The van der Waals surface area contributed by atoms with Crippen molar-refractivity contribution in [3.8, 4) is 0 Å². The molecule has 8 heavy (non-hydrogen) atoms. The Kier molecular flexibility index (Phi) is 6.13. The van der Waals surface area contributed by atoms with Gasteiger partial charge in [0.2, 0.25) is 0 Å². The van der Waals surface area contributed by atoms with Crippen molar-refractivity contribution < 1.29 is 0 Å². The van der Waals surface area contributed by atoms with Crippen LogP contribution in [0.25, 0.3) is 0 Å². The van der Waals surface area contributed by atoms with Gasteiger partial charge in [0, 0.05) is 0 Å². The summed E-state index contributed by atoms with van der Waals surface area (Å²) in [4.78, 5) is 0. The molecule has 0 aromatic rings. The largest absolute Gasteiger partial charge is 0.147 e. The van der Waals surface area contributed by atoms with Crippen LogP contribution in [-0.4, -0.2) is 26.2 Å². The molecule has 0 fully saturated rings. The summed E-state index contributed by atoms with van der Waals surface area (Å²) in [6.07, 6.45) is 3.22. The highest BCUT2D eigenvalue weighted by atomic mass is 35.5. The number of allylic oxidation sites excluding steroid dienone is 1. The maximum absolute atomic E-state index is 3.67. The van der Waals surface area contributed by atoms with Gasteiger partial charge in [-0.3, -0.25) is 0 Å². The molecular formula is C6H15ClP. The van der Waals surface area contributed by atoms with Crippen LogP contribution in [0, 0.1) is 0 Å². The predicted octanol–water partition coefficient (Wildman–Crippen LogP) is 2.50. The molecule has 0 aliphatic heterocycles. The highest BCUT2D eigenvalue weighted by Gasteiger charge is 2.01. The van der Waals surface area contributed by atoms with Gasteiger partial charge in [0.1, 0.15) is 0 Å². The number of halogens is 1. The molecular weight excluding hydrogens is 138 g/mol. The summed E-state index contributed by atoms with van der Waals surface area (Å²) in [5, 5.41) is 0. The Bertz CT molecular complexity index is 63.4. The second-order valence-corrected chi connectivity index (χ2v) is 7.71. The molecule has 0 aliphatic carbocycles. The first-order valence-electron chi connectivity index (χ1n) is 2.47. The van der Waals surface area contributed by atoms with Gasteiger partial charge >= 0.3 is 0 Å². The van der Waals surface area contributed by atoms with Crippen molar-refractivity contribution in [2.24, 2.45) is 0 Å². The van der Waals surface area contributed by atoms with E-state index in [0.29, 0.717) is 0 Å². The molecule has 0 N–H and O–H groups in total. The molecule has 0 unspecified atom stereocenters. The van der Waals surface area contributed by atoms with Gasteiger partial charge in [-0.05, 0) is 26.2 Å². The Hall–Kier alpha value is 0.460. The van der Waals surface area contributed by atoms with Crippen molar-refractivity contribution in [2.75, 3.05) is 26.2 Å². The fourth-order valence-corrected chi connectivity index (χ4v) is 1.16. The molecule has 0 aliphatic rings. The summed E-state index contributed by atoms with van der Waals surface area (Å²) in [6, 6.07) is 0. The monoisotopic (exact) mass is 153 g/mol. The number of hydrogen-bond acceptors (Lipinski definition) is 0. The molecule has 0 aromatic heterocycles. The smallest absolute Gasteiger partial charge is 0.0188 e. The summed E-state index contributed by atoms with van der Waals surface area (Å²) >= 11 is 0. The summed E-state index contributed by atoms with van der Waals surface area (Å²) in [5.74, 6) is 0. The van der Waals surface area contributed by atoms with E-state index < -0.39 is 7.26 Å². The topological polar surface area (TPSA) is 0 Å². The van der Waals surface area contributed by atoms with Gasteiger partial charge < -0.3 is 0 Å². The molecule has 51 valence electrons. The van der Waals surface area contributed by atoms with E-state index in [0.717, 1.165) is 0 Å². The molecule has 1 radical (unpaired) electrons. The number of rotatable bonds is 2. The van der Waals surface area contributed by atoms with Gasteiger partial charge in [0.15, 0.2) is 0 Å². The van der Waals surface area contributed by atoms with Crippen LogP contribution >= 0.6 is 19.7 Å². The summed E-state index contributed by atoms with van der Waals surface area (Å²) in [7, 11) is -0.534. The van der Waals surface area contributed by atoms with Gasteiger partial charge in [0.05, 0.1) is 0 Å². The molecule has 2 heteroatoms. The van der Waals surface area contributed by atoms with Crippen LogP contribution in [0.4, 0.5) is 0 Å². The van der Waals surface area contributed by atoms with Crippen molar-refractivity contribution in [1.29, 1.82) is 0 Å². The highest BCUT2D eigenvalue weighted by molar-refractivity contribution is 7.73.